The van der Waals surface area contributed by atoms with Crippen LogP contribution in [-0.2, 0) is 22.2 Å². The summed E-state index contributed by atoms with van der Waals surface area (Å²) in [5.74, 6) is -0.265. The maximum absolute atomic E-state index is 12.9. The summed E-state index contributed by atoms with van der Waals surface area (Å²) < 4.78 is 38.3. The molecule has 9 heteroatoms. The van der Waals surface area contributed by atoms with Crippen molar-refractivity contribution in [2.45, 2.75) is 42.7 Å². The van der Waals surface area contributed by atoms with Crippen LogP contribution >= 0.6 is 15.9 Å². The zero-order valence-electron chi connectivity index (χ0n) is 16.6. The highest BCUT2D eigenvalue weighted by atomic mass is 79.9. The Balaban J connectivity index is 1.53. The van der Waals surface area contributed by atoms with Gasteiger partial charge in [0, 0.05) is 17.8 Å². The van der Waals surface area contributed by atoms with Gasteiger partial charge in [-0.15, -0.1) is 0 Å². The molecule has 1 fully saturated rings. The molecule has 1 aromatic carbocycles. The Bertz CT molecular complexity index is 969. The second-order valence-corrected chi connectivity index (χ2v) is 8.99. The first-order valence-electron chi connectivity index (χ1n) is 10.1. The Hall–Kier alpha value is -2.42. The van der Waals surface area contributed by atoms with E-state index < -0.39 is 11.7 Å². The van der Waals surface area contributed by atoms with Crippen LogP contribution in [0, 0.1) is 0 Å². The molecule has 0 radical (unpaired) electrons. The van der Waals surface area contributed by atoms with Crippen molar-refractivity contribution in [1.82, 2.24) is 9.91 Å². The van der Waals surface area contributed by atoms with Gasteiger partial charge in [0.1, 0.15) is 0 Å². The van der Waals surface area contributed by atoms with Crippen LogP contribution in [0.2, 0.25) is 0 Å². The molecule has 0 bridgehead atoms. The summed E-state index contributed by atoms with van der Waals surface area (Å²) in [6, 6.07) is 4.26. The number of likely N-dealkylation sites (tertiary alicyclic amines) is 1. The van der Waals surface area contributed by atoms with Crippen LogP contribution in [-0.4, -0.2) is 51.4 Å². The van der Waals surface area contributed by atoms with Crippen molar-refractivity contribution in [2.24, 2.45) is 5.10 Å². The normalized spacial score (nSPS) is 23.9. The molecule has 1 aliphatic carbocycles. The molecule has 1 saturated heterocycles. The fourth-order valence-electron chi connectivity index (χ4n) is 4.00. The highest BCUT2D eigenvalue weighted by Gasteiger charge is 2.39. The van der Waals surface area contributed by atoms with Crippen LogP contribution in [0.5, 0.6) is 0 Å². The molecule has 2 heterocycles. The molecule has 2 aliphatic heterocycles. The number of hydrogen-bond donors (Lipinski definition) is 0. The summed E-state index contributed by atoms with van der Waals surface area (Å²) >= 11 is 3.53. The number of carbonyl (C=O) groups is 2. The van der Waals surface area contributed by atoms with E-state index in [0.717, 1.165) is 30.5 Å². The molecular weight excluding hydrogens is 475 g/mol. The first-order chi connectivity index (χ1) is 14.7. The zero-order chi connectivity index (χ0) is 22.2. The molecule has 4 rings (SSSR count). The molecule has 1 aromatic rings. The molecule has 2 amide bonds. The van der Waals surface area contributed by atoms with Gasteiger partial charge in [0.05, 0.1) is 30.3 Å². The second kappa shape index (κ2) is 8.61. The average molecular weight is 496 g/mol. The molecule has 0 N–H and O–H groups in total. The third-order valence-corrected chi connectivity index (χ3v) is 6.32. The Kier molecular flexibility index (Phi) is 6.05. The minimum absolute atomic E-state index is 0.0495. The lowest BCUT2D eigenvalue weighted by molar-refractivity contribution is -0.137. The van der Waals surface area contributed by atoms with Crippen LogP contribution < -0.4 is 0 Å². The minimum atomic E-state index is -4.42. The molecular formula is C22H21BrF3N3O2. The molecule has 2 atom stereocenters. The molecule has 0 saturated carbocycles. The standard InChI is InChI=1S/C22H21BrF3N3O2/c23-17-9-5-15(6-10-17)21-18(28-11-1-2-19(28)30)13-29(27-21)20(31)12-14-3-7-16(8-4-14)22(24,25)26/h3-9,17-18H,1-2,10-13H2. The Morgan fingerprint density at radius 1 is 1.23 bits per heavy atom. The van der Waals surface area contributed by atoms with Gasteiger partial charge in [-0.3, -0.25) is 9.59 Å². The predicted octanol–water partition coefficient (Wildman–Crippen LogP) is 4.09. The lowest BCUT2D eigenvalue weighted by Crippen LogP contribution is -2.44. The van der Waals surface area contributed by atoms with E-state index in [4.69, 9.17) is 0 Å². The van der Waals surface area contributed by atoms with E-state index in [1.807, 2.05) is 18.2 Å². The highest BCUT2D eigenvalue weighted by Crippen LogP contribution is 2.30. The van der Waals surface area contributed by atoms with Crippen LogP contribution in [0.15, 0.2) is 53.2 Å². The van der Waals surface area contributed by atoms with Crippen LogP contribution in [0.3, 0.4) is 0 Å². The summed E-state index contributed by atoms with van der Waals surface area (Å²) in [5, 5.41) is 5.89. The third kappa shape index (κ3) is 4.76. The highest BCUT2D eigenvalue weighted by molar-refractivity contribution is 9.09. The molecule has 31 heavy (non-hydrogen) atoms. The van der Waals surface area contributed by atoms with Gasteiger partial charge < -0.3 is 4.90 Å². The molecule has 164 valence electrons. The van der Waals surface area contributed by atoms with Crippen molar-refractivity contribution in [3.05, 3.63) is 59.2 Å². The fraction of sp³-hybridized carbons (Fsp3) is 0.409. The van der Waals surface area contributed by atoms with E-state index in [1.54, 1.807) is 4.90 Å². The topological polar surface area (TPSA) is 53.0 Å². The van der Waals surface area contributed by atoms with Crippen molar-refractivity contribution in [3.63, 3.8) is 0 Å². The number of nitrogens with zero attached hydrogens (tertiary/aromatic N) is 3. The van der Waals surface area contributed by atoms with Gasteiger partial charge in [-0.2, -0.15) is 18.3 Å². The van der Waals surface area contributed by atoms with Gasteiger partial charge in [0.2, 0.25) is 11.8 Å². The quantitative estimate of drug-likeness (QED) is 0.590. The van der Waals surface area contributed by atoms with Crippen LogP contribution in [0.1, 0.15) is 30.4 Å². The van der Waals surface area contributed by atoms with Gasteiger partial charge >= 0.3 is 6.18 Å². The van der Waals surface area contributed by atoms with E-state index in [1.165, 1.54) is 17.1 Å². The maximum atomic E-state index is 12.9. The molecule has 3 aliphatic rings. The zero-order valence-corrected chi connectivity index (χ0v) is 18.2. The van der Waals surface area contributed by atoms with Crippen molar-refractivity contribution < 1.29 is 22.8 Å². The monoisotopic (exact) mass is 495 g/mol. The number of amides is 2. The fourth-order valence-corrected chi connectivity index (χ4v) is 4.34. The van der Waals surface area contributed by atoms with Gasteiger partial charge in [-0.1, -0.05) is 46.3 Å². The maximum Gasteiger partial charge on any atom is 0.416 e. The molecule has 0 spiro atoms. The second-order valence-electron chi connectivity index (χ2n) is 7.81. The molecule has 0 aromatic heterocycles. The van der Waals surface area contributed by atoms with Gasteiger partial charge in [-0.05, 0) is 36.1 Å². The van der Waals surface area contributed by atoms with Crippen molar-refractivity contribution in [3.8, 4) is 0 Å². The van der Waals surface area contributed by atoms with E-state index in [0.29, 0.717) is 24.2 Å². The van der Waals surface area contributed by atoms with Crippen molar-refractivity contribution >= 4 is 33.5 Å². The summed E-state index contributed by atoms with van der Waals surface area (Å²) in [5.41, 5.74) is 1.31. The molecule has 5 nitrogen and oxygen atoms in total. The smallest absolute Gasteiger partial charge is 0.332 e. The Morgan fingerprint density at radius 2 is 1.97 bits per heavy atom. The summed E-state index contributed by atoms with van der Waals surface area (Å²) in [6.45, 7) is 0.880. The van der Waals surface area contributed by atoms with E-state index in [-0.39, 0.29) is 35.6 Å². The van der Waals surface area contributed by atoms with Crippen molar-refractivity contribution in [1.29, 1.82) is 0 Å². The lowest BCUT2D eigenvalue weighted by Gasteiger charge is -2.26. The number of hydrogen-bond acceptors (Lipinski definition) is 3. The Morgan fingerprint density at radius 3 is 2.55 bits per heavy atom. The number of halogens is 4. The van der Waals surface area contributed by atoms with Crippen LogP contribution in [0.4, 0.5) is 13.2 Å². The van der Waals surface area contributed by atoms with Gasteiger partial charge in [-0.25, -0.2) is 5.01 Å². The van der Waals surface area contributed by atoms with E-state index in [9.17, 15) is 22.8 Å². The minimum Gasteiger partial charge on any atom is -0.332 e. The number of allylic oxidation sites excluding steroid dienone is 3. The lowest BCUT2D eigenvalue weighted by atomic mass is 9.97. The SMILES string of the molecule is O=C(Cc1ccc(C(F)(F)F)cc1)N1CC(N2CCCC2=O)C(C2=CCC(Br)C=C2)=N1. The van der Waals surface area contributed by atoms with Gasteiger partial charge in [0.25, 0.3) is 0 Å². The number of carbonyl (C=O) groups excluding carboxylic acids is 2. The predicted molar refractivity (Wildman–Crippen MR) is 114 cm³/mol. The van der Waals surface area contributed by atoms with Gasteiger partial charge in [0.15, 0.2) is 0 Å². The molecule has 2 unspecified atom stereocenters. The summed E-state index contributed by atoms with van der Waals surface area (Å²) in [4.78, 5) is 27.2. The van der Waals surface area contributed by atoms with Crippen molar-refractivity contribution in [2.75, 3.05) is 13.1 Å². The van der Waals surface area contributed by atoms with Crippen LogP contribution in [0.25, 0.3) is 0 Å². The van der Waals surface area contributed by atoms with E-state index >= 15 is 0 Å². The number of hydrazone groups is 1. The first-order valence-corrected chi connectivity index (χ1v) is 11.0. The third-order valence-electron chi connectivity index (χ3n) is 5.64. The first kappa shape index (κ1) is 21.8. The largest absolute Gasteiger partial charge is 0.416 e. The number of rotatable bonds is 4. The Labute approximate surface area is 186 Å². The number of benzene rings is 1. The summed E-state index contributed by atoms with van der Waals surface area (Å²) in [6.07, 6.45) is 3.56. The number of alkyl halides is 4. The van der Waals surface area contributed by atoms with E-state index in [2.05, 4.69) is 21.0 Å². The summed E-state index contributed by atoms with van der Waals surface area (Å²) in [7, 11) is 0. The average Bonchev–Trinajstić information content (AvgIpc) is 3.34.